The minimum absolute atomic E-state index is 0.150. The van der Waals surface area contributed by atoms with Gasteiger partial charge in [-0.15, -0.1) is 10.2 Å². The van der Waals surface area contributed by atoms with E-state index in [9.17, 15) is 0 Å². The van der Waals surface area contributed by atoms with Gasteiger partial charge in [-0.3, -0.25) is 0 Å². The van der Waals surface area contributed by atoms with Crippen LogP contribution >= 0.6 is 0 Å². The molecule has 0 saturated heterocycles. The van der Waals surface area contributed by atoms with Gasteiger partial charge < -0.3 is 4.57 Å². The van der Waals surface area contributed by atoms with E-state index in [1.165, 1.54) is 30.4 Å². The lowest BCUT2D eigenvalue weighted by atomic mass is 9.90. The Morgan fingerprint density at radius 1 is 0.739 bits per heavy atom. The normalized spacial score (nSPS) is 14.5. The Labute approximate surface area is 137 Å². The summed E-state index contributed by atoms with van der Waals surface area (Å²) in [6.07, 6.45) is 4.77. The van der Waals surface area contributed by atoms with Gasteiger partial charge in [-0.25, -0.2) is 0 Å². The third kappa shape index (κ3) is 2.79. The maximum Gasteiger partial charge on any atom is 0.145 e. The van der Waals surface area contributed by atoms with E-state index in [2.05, 4.69) is 75.4 Å². The van der Waals surface area contributed by atoms with Crippen LogP contribution in [0.5, 0.6) is 0 Å². The largest absolute Gasteiger partial charge is 0.314 e. The summed E-state index contributed by atoms with van der Waals surface area (Å²) in [6, 6.07) is 21.3. The van der Waals surface area contributed by atoms with Crippen LogP contribution in [0, 0.1) is 0 Å². The molecule has 3 aromatic rings. The van der Waals surface area contributed by atoms with Gasteiger partial charge in [0.1, 0.15) is 11.6 Å². The van der Waals surface area contributed by atoms with Gasteiger partial charge in [-0.1, -0.05) is 67.1 Å². The lowest BCUT2D eigenvalue weighted by molar-refractivity contribution is 0.600. The Kier molecular flexibility index (Phi) is 3.93. The molecule has 3 nitrogen and oxygen atoms in total. The van der Waals surface area contributed by atoms with E-state index in [1.807, 2.05) is 0 Å². The monoisotopic (exact) mass is 303 g/mol. The fourth-order valence-electron chi connectivity index (χ4n) is 3.50. The highest BCUT2D eigenvalue weighted by Gasteiger charge is 2.25. The first-order valence-electron chi connectivity index (χ1n) is 8.45. The molecule has 0 fully saturated rings. The van der Waals surface area contributed by atoms with Crippen LogP contribution in [-0.4, -0.2) is 14.8 Å². The summed E-state index contributed by atoms with van der Waals surface area (Å²) in [5.41, 5.74) is 2.55. The lowest BCUT2D eigenvalue weighted by Crippen LogP contribution is -2.13. The molecule has 0 radical (unpaired) electrons. The highest BCUT2D eigenvalue weighted by Crippen LogP contribution is 2.32. The molecule has 1 aliphatic rings. The molecular weight excluding hydrogens is 282 g/mol. The highest BCUT2D eigenvalue weighted by molar-refractivity contribution is 5.38. The van der Waals surface area contributed by atoms with Crippen LogP contribution in [0.2, 0.25) is 0 Å². The van der Waals surface area contributed by atoms with E-state index in [1.54, 1.807) is 0 Å². The fraction of sp³-hybridized carbons (Fsp3) is 0.300. The number of fused-ring (bicyclic) bond motifs is 1. The zero-order chi connectivity index (χ0) is 15.5. The Bertz CT molecular complexity index is 723. The van der Waals surface area contributed by atoms with Crippen LogP contribution in [0.1, 0.15) is 48.0 Å². The maximum atomic E-state index is 4.61. The van der Waals surface area contributed by atoms with Crippen LogP contribution in [0.25, 0.3) is 0 Å². The van der Waals surface area contributed by atoms with E-state index in [-0.39, 0.29) is 5.92 Å². The second-order valence-corrected chi connectivity index (χ2v) is 6.19. The van der Waals surface area contributed by atoms with Crippen molar-refractivity contribution < 1.29 is 0 Å². The number of aromatic nitrogens is 3. The van der Waals surface area contributed by atoms with E-state index >= 15 is 0 Å². The molecule has 0 amide bonds. The number of aryl methyl sites for hydroxylation is 1. The smallest absolute Gasteiger partial charge is 0.145 e. The van der Waals surface area contributed by atoms with Crippen molar-refractivity contribution in [2.45, 2.75) is 38.1 Å². The Morgan fingerprint density at radius 2 is 1.39 bits per heavy atom. The summed E-state index contributed by atoms with van der Waals surface area (Å²) >= 11 is 0. The topological polar surface area (TPSA) is 30.7 Å². The third-order valence-electron chi connectivity index (χ3n) is 4.66. The SMILES string of the molecule is c1ccc(C(c2ccccc2)c2nnc3n2CCCCC3)cc1. The molecular formula is C20H21N3. The van der Waals surface area contributed by atoms with E-state index in [4.69, 9.17) is 0 Å². The first-order chi connectivity index (χ1) is 11.4. The van der Waals surface area contributed by atoms with Gasteiger partial charge in [0.2, 0.25) is 0 Å². The fourth-order valence-corrected chi connectivity index (χ4v) is 3.50. The molecule has 0 spiro atoms. The summed E-state index contributed by atoms with van der Waals surface area (Å²) in [5.74, 6) is 2.38. The average Bonchev–Trinajstić information content (AvgIpc) is 2.85. The van der Waals surface area contributed by atoms with E-state index in [0.29, 0.717) is 0 Å². The van der Waals surface area contributed by atoms with Gasteiger partial charge >= 0.3 is 0 Å². The average molecular weight is 303 g/mol. The summed E-state index contributed by atoms with van der Waals surface area (Å²) in [4.78, 5) is 0. The van der Waals surface area contributed by atoms with Crippen LogP contribution in [0.15, 0.2) is 60.7 Å². The lowest BCUT2D eigenvalue weighted by Gasteiger charge is -2.19. The standard InChI is InChI=1S/C20H21N3/c1-4-10-16(11-5-1)19(17-12-6-2-7-13-17)20-22-21-18-14-8-3-9-15-23(18)20/h1-2,4-7,10-13,19H,3,8-9,14-15H2. The number of benzene rings is 2. The number of rotatable bonds is 3. The molecule has 1 aliphatic heterocycles. The minimum Gasteiger partial charge on any atom is -0.314 e. The van der Waals surface area contributed by atoms with Gasteiger partial charge in [0.05, 0.1) is 5.92 Å². The second kappa shape index (κ2) is 6.37. The molecule has 2 heterocycles. The van der Waals surface area contributed by atoms with Crippen molar-refractivity contribution >= 4 is 0 Å². The third-order valence-corrected chi connectivity index (χ3v) is 4.66. The Balaban J connectivity index is 1.85. The quantitative estimate of drug-likeness (QED) is 0.726. The predicted molar refractivity (Wildman–Crippen MR) is 91.4 cm³/mol. The number of hydrogen-bond acceptors (Lipinski definition) is 2. The minimum atomic E-state index is 0.150. The van der Waals surface area contributed by atoms with Crippen molar-refractivity contribution in [3.8, 4) is 0 Å². The van der Waals surface area contributed by atoms with Crippen molar-refractivity contribution in [3.05, 3.63) is 83.4 Å². The van der Waals surface area contributed by atoms with Crippen LogP contribution in [0.3, 0.4) is 0 Å². The van der Waals surface area contributed by atoms with Crippen molar-refractivity contribution in [1.82, 2.24) is 14.8 Å². The van der Waals surface area contributed by atoms with Crippen LogP contribution in [0.4, 0.5) is 0 Å². The zero-order valence-corrected chi connectivity index (χ0v) is 13.2. The summed E-state index contributed by atoms with van der Waals surface area (Å²) in [5, 5.41) is 9.11. The summed E-state index contributed by atoms with van der Waals surface area (Å²) in [7, 11) is 0. The first kappa shape index (κ1) is 14.2. The van der Waals surface area contributed by atoms with E-state index < -0.39 is 0 Å². The number of hydrogen-bond donors (Lipinski definition) is 0. The van der Waals surface area contributed by atoms with Crippen LogP contribution in [-0.2, 0) is 13.0 Å². The molecule has 0 atom stereocenters. The molecule has 0 unspecified atom stereocenters. The molecule has 4 rings (SSSR count). The van der Waals surface area contributed by atoms with Crippen molar-refractivity contribution in [2.24, 2.45) is 0 Å². The Morgan fingerprint density at radius 3 is 2.04 bits per heavy atom. The van der Waals surface area contributed by atoms with Crippen molar-refractivity contribution in [2.75, 3.05) is 0 Å². The zero-order valence-electron chi connectivity index (χ0n) is 13.2. The predicted octanol–water partition coefficient (Wildman–Crippen LogP) is 4.18. The maximum absolute atomic E-state index is 4.61. The molecule has 3 heteroatoms. The molecule has 1 aromatic heterocycles. The molecule has 116 valence electrons. The Hall–Kier alpha value is -2.42. The first-order valence-corrected chi connectivity index (χ1v) is 8.45. The molecule has 23 heavy (non-hydrogen) atoms. The second-order valence-electron chi connectivity index (χ2n) is 6.19. The molecule has 2 aromatic carbocycles. The highest BCUT2D eigenvalue weighted by atomic mass is 15.3. The van der Waals surface area contributed by atoms with Gasteiger partial charge in [0, 0.05) is 13.0 Å². The van der Waals surface area contributed by atoms with Gasteiger partial charge in [-0.2, -0.15) is 0 Å². The van der Waals surface area contributed by atoms with Gasteiger partial charge in [-0.05, 0) is 24.0 Å². The molecule has 0 bridgehead atoms. The summed E-state index contributed by atoms with van der Waals surface area (Å²) < 4.78 is 2.36. The number of nitrogens with zero attached hydrogens (tertiary/aromatic N) is 3. The van der Waals surface area contributed by atoms with E-state index in [0.717, 1.165) is 24.6 Å². The van der Waals surface area contributed by atoms with Crippen LogP contribution < -0.4 is 0 Å². The van der Waals surface area contributed by atoms with Crippen molar-refractivity contribution in [3.63, 3.8) is 0 Å². The van der Waals surface area contributed by atoms with Gasteiger partial charge in [0.15, 0.2) is 0 Å². The van der Waals surface area contributed by atoms with Crippen molar-refractivity contribution in [1.29, 1.82) is 0 Å². The molecule has 0 aliphatic carbocycles. The molecule has 0 N–H and O–H groups in total. The van der Waals surface area contributed by atoms with Gasteiger partial charge in [0.25, 0.3) is 0 Å². The molecule has 0 saturated carbocycles. The summed E-state index contributed by atoms with van der Waals surface area (Å²) in [6.45, 7) is 1.04.